The average Bonchev–Trinajstić information content (AvgIpc) is 2.54. The molecule has 0 aromatic heterocycles. The number of hydrogen-bond acceptors (Lipinski definition) is 4. The van der Waals surface area contributed by atoms with Gasteiger partial charge in [0.05, 0.1) is 13.2 Å². The number of esters is 1. The van der Waals surface area contributed by atoms with Crippen molar-refractivity contribution in [3.8, 4) is 0 Å². The zero-order valence-electron chi connectivity index (χ0n) is 12.4. The number of methoxy groups -OCH3 is 1. The lowest BCUT2D eigenvalue weighted by molar-refractivity contribution is -0.140. The summed E-state index contributed by atoms with van der Waals surface area (Å²) >= 11 is 0. The lowest BCUT2D eigenvalue weighted by Crippen LogP contribution is -2.32. The van der Waals surface area contributed by atoms with E-state index in [4.69, 9.17) is 0 Å². The van der Waals surface area contributed by atoms with E-state index in [-0.39, 0.29) is 18.4 Å². The van der Waals surface area contributed by atoms with Crippen LogP contribution in [0.15, 0.2) is 42.5 Å². The van der Waals surface area contributed by atoms with Gasteiger partial charge in [0.25, 0.3) is 0 Å². The standard InChI is InChI=1S/C17H21NO3/c1-18-15(9-10-16(19)21-2)17(20)14-8-7-12-5-3-4-6-13(12)11-14/h3-8,11,15,17-18,20H,9-10H2,1-2H3. The number of nitrogens with one attached hydrogen (secondary N) is 1. The van der Waals surface area contributed by atoms with Crippen LogP contribution in [-0.2, 0) is 9.53 Å². The fourth-order valence-electron chi connectivity index (χ4n) is 2.46. The zero-order valence-corrected chi connectivity index (χ0v) is 12.4. The van der Waals surface area contributed by atoms with E-state index in [1.807, 2.05) is 42.5 Å². The fraction of sp³-hybridized carbons (Fsp3) is 0.353. The van der Waals surface area contributed by atoms with Crippen LogP contribution in [0.4, 0.5) is 0 Å². The number of aliphatic hydroxyl groups excluding tert-OH is 1. The molecule has 2 aromatic carbocycles. The Morgan fingerprint density at radius 1 is 1.24 bits per heavy atom. The number of rotatable bonds is 6. The Morgan fingerprint density at radius 3 is 2.62 bits per heavy atom. The molecule has 112 valence electrons. The monoisotopic (exact) mass is 287 g/mol. The van der Waals surface area contributed by atoms with E-state index >= 15 is 0 Å². The highest BCUT2D eigenvalue weighted by Gasteiger charge is 2.20. The second-order valence-electron chi connectivity index (χ2n) is 5.06. The van der Waals surface area contributed by atoms with Gasteiger partial charge in [-0.2, -0.15) is 0 Å². The number of carbonyl (C=O) groups excluding carboxylic acids is 1. The highest BCUT2D eigenvalue weighted by atomic mass is 16.5. The summed E-state index contributed by atoms with van der Waals surface area (Å²) in [5.41, 5.74) is 0.845. The number of aliphatic hydroxyl groups is 1. The molecule has 0 fully saturated rings. The Kier molecular flexibility index (Phi) is 5.31. The second kappa shape index (κ2) is 7.20. The predicted molar refractivity (Wildman–Crippen MR) is 83.0 cm³/mol. The number of carbonyl (C=O) groups is 1. The summed E-state index contributed by atoms with van der Waals surface area (Å²) < 4.78 is 4.64. The number of ether oxygens (including phenoxy) is 1. The molecule has 0 radical (unpaired) electrons. The summed E-state index contributed by atoms with van der Waals surface area (Å²) in [6.07, 6.45) is 0.147. The van der Waals surface area contributed by atoms with Gasteiger partial charge in [-0.1, -0.05) is 36.4 Å². The Hall–Kier alpha value is -1.91. The van der Waals surface area contributed by atoms with Crippen LogP contribution in [0.1, 0.15) is 24.5 Å². The van der Waals surface area contributed by atoms with E-state index in [0.29, 0.717) is 6.42 Å². The Bertz CT molecular complexity index is 612. The van der Waals surface area contributed by atoms with Crippen molar-refractivity contribution in [2.75, 3.05) is 14.2 Å². The number of likely N-dealkylation sites (N-methyl/N-ethyl adjacent to an activating group) is 1. The van der Waals surface area contributed by atoms with Gasteiger partial charge in [-0.15, -0.1) is 0 Å². The molecule has 0 saturated heterocycles. The summed E-state index contributed by atoms with van der Waals surface area (Å²) in [5.74, 6) is -0.263. The van der Waals surface area contributed by atoms with Crippen molar-refractivity contribution in [1.82, 2.24) is 5.32 Å². The van der Waals surface area contributed by atoms with Gasteiger partial charge in [0.2, 0.25) is 0 Å². The van der Waals surface area contributed by atoms with Crippen molar-refractivity contribution < 1.29 is 14.6 Å². The molecule has 0 spiro atoms. The molecule has 2 aromatic rings. The molecule has 0 saturated carbocycles. The molecule has 0 aliphatic carbocycles. The van der Waals surface area contributed by atoms with Gasteiger partial charge in [0, 0.05) is 12.5 Å². The number of fused-ring (bicyclic) bond motifs is 1. The Balaban J connectivity index is 2.14. The predicted octanol–water partition coefficient (Wildman–Crippen LogP) is 2.41. The summed E-state index contributed by atoms with van der Waals surface area (Å²) in [7, 11) is 3.16. The minimum Gasteiger partial charge on any atom is -0.469 e. The van der Waals surface area contributed by atoms with E-state index in [9.17, 15) is 9.90 Å². The van der Waals surface area contributed by atoms with E-state index in [1.54, 1.807) is 7.05 Å². The molecule has 0 aliphatic heterocycles. The maximum atomic E-state index is 11.2. The Morgan fingerprint density at radius 2 is 1.95 bits per heavy atom. The van der Waals surface area contributed by atoms with Crippen molar-refractivity contribution in [3.63, 3.8) is 0 Å². The lowest BCUT2D eigenvalue weighted by Gasteiger charge is -2.22. The second-order valence-corrected chi connectivity index (χ2v) is 5.06. The van der Waals surface area contributed by atoms with Crippen LogP contribution in [0.2, 0.25) is 0 Å². The summed E-state index contributed by atoms with van der Waals surface area (Å²) in [4.78, 5) is 11.2. The first kappa shape index (κ1) is 15.5. The maximum absolute atomic E-state index is 11.2. The molecular weight excluding hydrogens is 266 g/mol. The first-order valence-electron chi connectivity index (χ1n) is 7.06. The molecule has 4 nitrogen and oxygen atoms in total. The molecular formula is C17H21NO3. The topological polar surface area (TPSA) is 58.6 Å². The van der Waals surface area contributed by atoms with Gasteiger partial charge in [0.1, 0.15) is 0 Å². The van der Waals surface area contributed by atoms with Gasteiger partial charge < -0.3 is 15.2 Å². The van der Waals surface area contributed by atoms with E-state index < -0.39 is 6.10 Å². The van der Waals surface area contributed by atoms with Crippen molar-refractivity contribution in [1.29, 1.82) is 0 Å². The number of benzene rings is 2. The summed E-state index contributed by atoms with van der Waals surface area (Å²) in [6, 6.07) is 13.8. The van der Waals surface area contributed by atoms with Gasteiger partial charge in [-0.3, -0.25) is 4.79 Å². The normalized spacial score (nSPS) is 13.9. The molecule has 0 bridgehead atoms. The third kappa shape index (κ3) is 3.80. The number of hydrogen-bond donors (Lipinski definition) is 2. The fourth-order valence-corrected chi connectivity index (χ4v) is 2.46. The van der Waals surface area contributed by atoms with Crippen LogP contribution in [0.5, 0.6) is 0 Å². The lowest BCUT2D eigenvalue weighted by atomic mass is 9.96. The summed E-state index contributed by atoms with van der Waals surface area (Å²) in [6.45, 7) is 0. The first-order chi connectivity index (χ1) is 10.2. The van der Waals surface area contributed by atoms with Crippen molar-refractivity contribution >= 4 is 16.7 Å². The minimum absolute atomic E-state index is 0.190. The van der Waals surface area contributed by atoms with Gasteiger partial charge in [0.15, 0.2) is 0 Å². The molecule has 2 atom stereocenters. The third-order valence-electron chi connectivity index (χ3n) is 3.75. The van der Waals surface area contributed by atoms with Crippen molar-refractivity contribution in [2.24, 2.45) is 0 Å². The zero-order chi connectivity index (χ0) is 15.2. The van der Waals surface area contributed by atoms with Crippen LogP contribution in [-0.4, -0.2) is 31.3 Å². The van der Waals surface area contributed by atoms with Crippen LogP contribution in [0.3, 0.4) is 0 Å². The van der Waals surface area contributed by atoms with Crippen molar-refractivity contribution in [3.05, 3.63) is 48.0 Å². The molecule has 21 heavy (non-hydrogen) atoms. The van der Waals surface area contributed by atoms with Gasteiger partial charge in [-0.05, 0) is 35.9 Å². The molecule has 2 N–H and O–H groups in total. The Labute approximate surface area is 124 Å². The average molecular weight is 287 g/mol. The molecule has 0 heterocycles. The third-order valence-corrected chi connectivity index (χ3v) is 3.75. The molecule has 4 heteroatoms. The van der Waals surface area contributed by atoms with Crippen LogP contribution in [0.25, 0.3) is 10.8 Å². The maximum Gasteiger partial charge on any atom is 0.305 e. The van der Waals surface area contributed by atoms with E-state index in [1.165, 1.54) is 7.11 Å². The SMILES string of the molecule is CNC(CCC(=O)OC)C(O)c1ccc2ccccc2c1. The van der Waals surface area contributed by atoms with Gasteiger partial charge >= 0.3 is 5.97 Å². The van der Waals surface area contributed by atoms with E-state index in [2.05, 4.69) is 10.1 Å². The largest absolute Gasteiger partial charge is 0.469 e. The quantitative estimate of drug-likeness (QED) is 0.801. The molecule has 0 aliphatic rings. The minimum atomic E-state index is -0.663. The van der Waals surface area contributed by atoms with Crippen LogP contribution >= 0.6 is 0 Å². The first-order valence-corrected chi connectivity index (χ1v) is 7.06. The highest BCUT2D eigenvalue weighted by molar-refractivity contribution is 5.83. The van der Waals surface area contributed by atoms with Crippen LogP contribution < -0.4 is 5.32 Å². The smallest absolute Gasteiger partial charge is 0.305 e. The highest BCUT2D eigenvalue weighted by Crippen LogP contribution is 2.24. The van der Waals surface area contributed by atoms with Crippen LogP contribution in [0, 0.1) is 0 Å². The van der Waals surface area contributed by atoms with E-state index in [0.717, 1.165) is 16.3 Å². The van der Waals surface area contributed by atoms with Crippen molar-refractivity contribution in [2.45, 2.75) is 25.0 Å². The van der Waals surface area contributed by atoms with Gasteiger partial charge in [-0.25, -0.2) is 0 Å². The molecule has 2 unspecified atom stereocenters. The molecule has 2 rings (SSSR count). The molecule has 0 amide bonds. The summed E-state index contributed by atoms with van der Waals surface area (Å²) in [5, 5.41) is 15.8.